The summed E-state index contributed by atoms with van der Waals surface area (Å²) in [6.45, 7) is 1.92. The first kappa shape index (κ1) is 18.4. The normalized spacial score (nSPS) is 10.7. The molecule has 3 rings (SSSR count). The largest absolute Gasteiger partial charge is 0.493 e. The average molecular weight is 382 g/mol. The van der Waals surface area contributed by atoms with Crippen LogP contribution in [0.25, 0.3) is 0 Å². The number of carbonyl (C=O) groups is 1. The van der Waals surface area contributed by atoms with Crippen molar-refractivity contribution in [2.24, 2.45) is 5.10 Å². The van der Waals surface area contributed by atoms with E-state index in [-0.39, 0.29) is 0 Å². The van der Waals surface area contributed by atoms with Crippen molar-refractivity contribution in [3.05, 3.63) is 64.5 Å². The number of nitrogen functional groups attached to an aromatic ring is 1. The van der Waals surface area contributed by atoms with E-state index in [1.54, 1.807) is 41.9 Å². The van der Waals surface area contributed by atoms with E-state index in [1.165, 1.54) is 18.4 Å². The van der Waals surface area contributed by atoms with Crippen LogP contribution in [-0.4, -0.2) is 24.3 Å². The standard InChI is InChI=1S/C19H18N4O3S/c1-12-4-3-5-14(8-12)18(24)26-15-7-6-13(9-16(15)25-2)10-21-23-19-22-17(20)11-27-19/h3-11H,20H2,1-2H3,(H,22,23). The average Bonchev–Trinajstić information content (AvgIpc) is 3.08. The molecule has 7 nitrogen and oxygen atoms in total. The number of hydrogen-bond donors (Lipinski definition) is 2. The number of hydrogen-bond acceptors (Lipinski definition) is 8. The lowest BCUT2D eigenvalue weighted by atomic mass is 10.1. The molecule has 3 N–H and O–H groups in total. The van der Waals surface area contributed by atoms with Gasteiger partial charge < -0.3 is 15.2 Å². The number of rotatable bonds is 6. The van der Waals surface area contributed by atoms with Gasteiger partial charge in [-0.3, -0.25) is 5.43 Å². The van der Waals surface area contributed by atoms with Crippen molar-refractivity contribution in [2.75, 3.05) is 18.3 Å². The quantitative estimate of drug-likeness (QED) is 0.292. The molecule has 0 fully saturated rings. The second-order valence-corrected chi connectivity index (χ2v) is 6.47. The summed E-state index contributed by atoms with van der Waals surface area (Å²) >= 11 is 1.36. The van der Waals surface area contributed by atoms with Gasteiger partial charge in [0, 0.05) is 5.38 Å². The molecule has 0 aliphatic heterocycles. The number of thiazole rings is 1. The topological polar surface area (TPSA) is 98.8 Å². The van der Waals surface area contributed by atoms with E-state index in [1.807, 2.05) is 19.1 Å². The molecule has 1 heterocycles. The minimum absolute atomic E-state index is 0.335. The summed E-state index contributed by atoms with van der Waals surface area (Å²) in [7, 11) is 1.51. The highest BCUT2D eigenvalue weighted by molar-refractivity contribution is 7.14. The van der Waals surface area contributed by atoms with Gasteiger partial charge >= 0.3 is 5.97 Å². The van der Waals surface area contributed by atoms with Gasteiger partial charge in [0.05, 0.1) is 18.9 Å². The maximum atomic E-state index is 12.3. The lowest BCUT2D eigenvalue weighted by molar-refractivity contribution is 0.0729. The number of aromatic nitrogens is 1. The third-order valence-electron chi connectivity index (χ3n) is 3.54. The zero-order valence-electron chi connectivity index (χ0n) is 14.8. The molecule has 0 aliphatic carbocycles. The van der Waals surface area contributed by atoms with Crippen molar-refractivity contribution in [2.45, 2.75) is 6.92 Å². The Bertz CT molecular complexity index is 985. The van der Waals surface area contributed by atoms with Crippen molar-refractivity contribution >= 4 is 34.5 Å². The monoisotopic (exact) mass is 382 g/mol. The molecule has 27 heavy (non-hydrogen) atoms. The molecule has 0 unspecified atom stereocenters. The number of hydrazone groups is 1. The SMILES string of the molecule is COc1cc(C=NNc2nc(N)cs2)ccc1OC(=O)c1cccc(C)c1. The molecule has 8 heteroatoms. The van der Waals surface area contributed by atoms with E-state index >= 15 is 0 Å². The van der Waals surface area contributed by atoms with Gasteiger partial charge in [0.15, 0.2) is 11.5 Å². The maximum absolute atomic E-state index is 12.3. The predicted molar refractivity (Wildman–Crippen MR) is 107 cm³/mol. The number of nitrogens with zero attached hydrogens (tertiary/aromatic N) is 2. The number of esters is 1. The summed E-state index contributed by atoms with van der Waals surface area (Å²) in [4.78, 5) is 16.4. The van der Waals surface area contributed by atoms with E-state index in [9.17, 15) is 4.79 Å². The summed E-state index contributed by atoms with van der Waals surface area (Å²) in [5.41, 5.74) is 10.6. The van der Waals surface area contributed by atoms with Crippen LogP contribution >= 0.6 is 11.3 Å². The fourth-order valence-corrected chi connectivity index (χ4v) is 2.83. The third kappa shape index (κ3) is 4.83. The van der Waals surface area contributed by atoms with Crippen LogP contribution in [-0.2, 0) is 0 Å². The Morgan fingerprint density at radius 2 is 2.11 bits per heavy atom. The lowest BCUT2D eigenvalue weighted by Gasteiger charge is -2.10. The van der Waals surface area contributed by atoms with E-state index in [0.717, 1.165) is 11.1 Å². The fourth-order valence-electron chi connectivity index (χ4n) is 2.28. The van der Waals surface area contributed by atoms with Gasteiger partial charge in [-0.2, -0.15) is 5.10 Å². The first-order chi connectivity index (χ1) is 13.0. The van der Waals surface area contributed by atoms with Crippen molar-refractivity contribution in [1.29, 1.82) is 0 Å². The molecule has 138 valence electrons. The van der Waals surface area contributed by atoms with Crippen molar-refractivity contribution in [3.63, 3.8) is 0 Å². The molecule has 0 saturated heterocycles. The number of nitrogens with one attached hydrogen (secondary N) is 1. The molecule has 3 aromatic rings. The molecule has 1 aromatic heterocycles. The first-order valence-electron chi connectivity index (χ1n) is 8.02. The molecule has 0 radical (unpaired) electrons. The highest BCUT2D eigenvalue weighted by Crippen LogP contribution is 2.28. The highest BCUT2D eigenvalue weighted by atomic mass is 32.1. The van der Waals surface area contributed by atoms with Gasteiger partial charge in [-0.1, -0.05) is 17.7 Å². The predicted octanol–water partition coefficient (Wildman–Crippen LogP) is 3.71. The number of nitrogens with two attached hydrogens (primary N) is 1. The van der Waals surface area contributed by atoms with Gasteiger partial charge in [0.25, 0.3) is 0 Å². The Morgan fingerprint density at radius 1 is 1.26 bits per heavy atom. The van der Waals surface area contributed by atoms with Crippen LogP contribution in [0.1, 0.15) is 21.5 Å². The van der Waals surface area contributed by atoms with E-state index in [0.29, 0.717) is 28.0 Å². The first-order valence-corrected chi connectivity index (χ1v) is 8.90. The third-order valence-corrected chi connectivity index (χ3v) is 4.31. The van der Waals surface area contributed by atoms with Gasteiger partial charge in [-0.25, -0.2) is 9.78 Å². The van der Waals surface area contributed by atoms with Gasteiger partial charge in [-0.05, 0) is 42.8 Å². The fraction of sp³-hybridized carbons (Fsp3) is 0.105. The van der Waals surface area contributed by atoms with Crippen LogP contribution in [0.15, 0.2) is 52.9 Å². The Morgan fingerprint density at radius 3 is 2.81 bits per heavy atom. The van der Waals surface area contributed by atoms with Crippen LogP contribution in [0, 0.1) is 6.92 Å². The Labute approximate surface area is 160 Å². The molecule has 0 spiro atoms. The Balaban J connectivity index is 1.71. The minimum Gasteiger partial charge on any atom is -0.493 e. The minimum atomic E-state index is -0.443. The molecule has 0 amide bonds. The molecule has 0 atom stereocenters. The zero-order chi connectivity index (χ0) is 19.2. The van der Waals surface area contributed by atoms with E-state index < -0.39 is 5.97 Å². The molecule has 0 saturated carbocycles. The number of benzene rings is 2. The van der Waals surface area contributed by atoms with Gasteiger partial charge in [0.2, 0.25) is 5.13 Å². The van der Waals surface area contributed by atoms with E-state index in [2.05, 4.69) is 15.5 Å². The van der Waals surface area contributed by atoms with Crippen molar-refractivity contribution in [1.82, 2.24) is 4.98 Å². The molecule has 0 bridgehead atoms. The summed E-state index contributed by atoms with van der Waals surface area (Å²) in [5, 5.41) is 6.42. The van der Waals surface area contributed by atoms with E-state index in [4.69, 9.17) is 15.2 Å². The number of aryl methyl sites for hydroxylation is 1. The number of anilines is 2. The van der Waals surface area contributed by atoms with Gasteiger partial charge in [-0.15, -0.1) is 11.3 Å². The molecule has 2 aromatic carbocycles. The summed E-state index contributed by atoms with van der Waals surface area (Å²) < 4.78 is 10.8. The van der Waals surface area contributed by atoms with Crippen LogP contribution in [0.4, 0.5) is 10.9 Å². The van der Waals surface area contributed by atoms with Crippen LogP contribution < -0.4 is 20.6 Å². The molecule has 0 aliphatic rings. The smallest absolute Gasteiger partial charge is 0.343 e. The number of methoxy groups -OCH3 is 1. The second kappa shape index (κ2) is 8.33. The van der Waals surface area contributed by atoms with Gasteiger partial charge in [0.1, 0.15) is 5.82 Å². The highest BCUT2D eigenvalue weighted by Gasteiger charge is 2.13. The number of ether oxygens (including phenoxy) is 2. The summed E-state index contributed by atoms with van der Waals surface area (Å²) in [6, 6.07) is 12.4. The Hall–Kier alpha value is -3.39. The lowest BCUT2D eigenvalue weighted by Crippen LogP contribution is -2.09. The number of carbonyl (C=O) groups excluding carboxylic acids is 1. The molecular formula is C19H18N4O3S. The molecular weight excluding hydrogens is 364 g/mol. The maximum Gasteiger partial charge on any atom is 0.343 e. The van der Waals surface area contributed by atoms with Crippen LogP contribution in [0.5, 0.6) is 11.5 Å². The second-order valence-electron chi connectivity index (χ2n) is 5.62. The Kier molecular flexibility index (Phi) is 5.68. The van der Waals surface area contributed by atoms with Crippen LogP contribution in [0.2, 0.25) is 0 Å². The zero-order valence-corrected chi connectivity index (χ0v) is 15.6. The van der Waals surface area contributed by atoms with Crippen molar-refractivity contribution in [3.8, 4) is 11.5 Å². The summed E-state index contributed by atoms with van der Waals surface area (Å²) in [6.07, 6.45) is 1.60. The summed E-state index contributed by atoms with van der Waals surface area (Å²) in [5.74, 6) is 0.765. The van der Waals surface area contributed by atoms with Crippen LogP contribution in [0.3, 0.4) is 0 Å². The van der Waals surface area contributed by atoms with Crippen molar-refractivity contribution < 1.29 is 14.3 Å².